The number of rotatable bonds is 5. The normalized spacial score (nSPS) is 12.0. The molecule has 0 saturated carbocycles. The van der Waals surface area contributed by atoms with Gasteiger partial charge in [-0.3, -0.25) is 4.79 Å². The third-order valence-electron chi connectivity index (χ3n) is 4.18. The van der Waals surface area contributed by atoms with Crippen LogP contribution in [-0.2, 0) is 4.79 Å². The molecule has 7 heteroatoms. The molecule has 0 aliphatic rings. The summed E-state index contributed by atoms with van der Waals surface area (Å²) >= 11 is 1.33. The smallest absolute Gasteiger partial charge is 0.237 e. The van der Waals surface area contributed by atoms with Crippen LogP contribution in [0.2, 0.25) is 0 Å². The zero-order valence-electron chi connectivity index (χ0n) is 15.2. The summed E-state index contributed by atoms with van der Waals surface area (Å²) in [5, 5.41) is 15.2. The van der Waals surface area contributed by atoms with Crippen LogP contribution < -0.4 is 5.32 Å². The van der Waals surface area contributed by atoms with Crippen molar-refractivity contribution in [2.75, 3.05) is 5.32 Å². The van der Waals surface area contributed by atoms with Crippen LogP contribution in [0.1, 0.15) is 23.6 Å². The molecule has 6 nitrogen and oxygen atoms in total. The number of anilines is 1. The summed E-state index contributed by atoms with van der Waals surface area (Å²) in [5.74, 6) is -0.0869. The van der Waals surface area contributed by atoms with Crippen molar-refractivity contribution in [3.63, 3.8) is 0 Å². The lowest BCUT2D eigenvalue weighted by Gasteiger charge is -2.13. The van der Waals surface area contributed by atoms with Crippen molar-refractivity contribution in [2.45, 2.75) is 38.1 Å². The summed E-state index contributed by atoms with van der Waals surface area (Å²) in [6.07, 6.45) is 0. The third-order valence-corrected chi connectivity index (χ3v) is 5.22. The highest BCUT2D eigenvalue weighted by atomic mass is 32.2. The van der Waals surface area contributed by atoms with E-state index in [0.29, 0.717) is 5.16 Å². The molecule has 0 aliphatic carbocycles. The van der Waals surface area contributed by atoms with Crippen LogP contribution in [0.25, 0.3) is 5.69 Å². The minimum atomic E-state index is -0.342. The Bertz CT molecular complexity index is 937. The molecule has 0 spiro atoms. The first-order valence-corrected chi connectivity index (χ1v) is 9.23. The van der Waals surface area contributed by atoms with Crippen molar-refractivity contribution in [2.24, 2.45) is 0 Å². The number of aryl methyl sites for hydroxylation is 2. The van der Waals surface area contributed by atoms with Gasteiger partial charge in [-0.05, 0) is 73.0 Å². The number of amides is 1. The Morgan fingerprint density at radius 1 is 1.15 bits per heavy atom. The predicted octanol–water partition coefficient (Wildman–Crippen LogP) is 3.71. The zero-order chi connectivity index (χ0) is 18.7. The topological polar surface area (TPSA) is 72.7 Å². The fourth-order valence-electron chi connectivity index (χ4n) is 2.55. The molecule has 0 radical (unpaired) electrons. The monoisotopic (exact) mass is 367 g/mol. The summed E-state index contributed by atoms with van der Waals surface area (Å²) in [6.45, 7) is 7.92. The van der Waals surface area contributed by atoms with Gasteiger partial charge in [0.25, 0.3) is 0 Å². The van der Waals surface area contributed by atoms with E-state index in [1.807, 2.05) is 70.2 Å². The molecule has 0 fully saturated rings. The Morgan fingerprint density at radius 2 is 1.92 bits per heavy atom. The highest BCUT2D eigenvalue weighted by Crippen LogP contribution is 2.26. The van der Waals surface area contributed by atoms with Crippen LogP contribution in [0.3, 0.4) is 0 Å². The standard InChI is InChI=1S/C19H21N5OS/c1-12-7-5-9-16(11-12)20-18(25)15(4)26-19-21-22-23-24(19)17-10-6-8-13(2)14(17)3/h5-11,15H,1-4H3,(H,20,25)/t15-/m1/s1. The lowest BCUT2D eigenvalue weighted by Crippen LogP contribution is -2.23. The van der Waals surface area contributed by atoms with Crippen molar-refractivity contribution < 1.29 is 4.79 Å². The van der Waals surface area contributed by atoms with Gasteiger partial charge in [-0.25, -0.2) is 0 Å². The van der Waals surface area contributed by atoms with Gasteiger partial charge in [0, 0.05) is 5.69 Å². The van der Waals surface area contributed by atoms with Gasteiger partial charge >= 0.3 is 0 Å². The molecule has 1 atom stereocenters. The maximum absolute atomic E-state index is 12.5. The number of aromatic nitrogens is 4. The minimum absolute atomic E-state index is 0.0869. The molecular formula is C19H21N5OS. The van der Waals surface area contributed by atoms with Gasteiger partial charge in [-0.15, -0.1) is 5.10 Å². The number of hydrogen-bond acceptors (Lipinski definition) is 5. The van der Waals surface area contributed by atoms with Crippen LogP contribution in [0, 0.1) is 20.8 Å². The number of hydrogen-bond donors (Lipinski definition) is 1. The second kappa shape index (κ2) is 7.70. The highest BCUT2D eigenvalue weighted by molar-refractivity contribution is 8.00. The number of nitrogens with one attached hydrogen (secondary N) is 1. The summed E-state index contributed by atoms with van der Waals surface area (Å²) in [4.78, 5) is 12.5. The van der Waals surface area contributed by atoms with E-state index in [9.17, 15) is 4.79 Å². The van der Waals surface area contributed by atoms with E-state index in [-0.39, 0.29) is 11.2 Å². The number of carbonyl (C=O) groups excluding carboxylic acids is 1. The first-order valence-electron chi connectivity index (χ1n) is 8.35. The number of thioether (sulfide) groups is 1. The summed E-state index contributed by atoms with van der Waals surface area (Å²) in [5.41, 5.74) is 5.08. The van der Waals surface area contributed by atoms with Gasteiger partial charge < -0.3 is 5.32 Å². The fraction of sp³-hybridized carbons (Fsp3) is 0.263. The molecule has 134 valence electrons. The number of benzene rings is 2. The SMILES string of the molecule is Cc1cccc(NC(=O)[C@@H](C)Sc2nnnn2-c2cccc(C)c2C)c1. The maximum atomic E-state index is 12.5. The molecule has 0 aliphatic heterocycles. The quantitative estimate of drug-likeness (QED) is 0.696. The van der Waals surface area contributed by atoms with Crippen molar-refractivity contribution in [1.29, 1.82) is 0 Å². The molecule has 1 heterocycles. The van der Waals surface area contributed by atoms with Crippen molar-refractivity contribution >= 4 is 23.4 Å². The Hall–Kier alpha value is -2.67. The second-order valence-electron chi connectivity index (χ2n) is 6.21. The van der Waals surface area contributed by atoms with Gasteiger partial charge in [-0.1, -0.05) is 36.0 Å². The largest absolute Gasteiger partial charge is 0.325 e. The Kier molecular flexibility index (Phi) is 5.37. The van der Waals surface area contributed by atoms with Crippen LogP contribution in [0.15, 0.2) is 47.6 Å². The average molecular weight is 367 g/mol. The van der Waals surface area contributed by atoms with Gasteiger partial charge in [0.2, 0.25) is 11.1 Å². The fourth-order valence-corrected chi connectivity index (χ4v) is 3.35. The Morgan fingerprint density at radius 3 is 2.69 bits per heavy atom. The molecule has 2 aromatic carbocycles. The molecule has 0 bridgehead atoms. The van der Waals surface area contributed by atoms with Crippen molar-refractivity contribution in [3.8, 4) is 5.69 Å². The van der Waals surface area contributed by atoms with Crippen molar-refractivity contribution in [1.82, 2.24) is 20.2 Å². The van der Waals surface area contributed by atoms with E-state index in [4.69, 9.17) is 0 Å². The van der Waals surface area contributed by atoms with E-state index in [1.54, 1.807) is 4.68 Å². The minimum Gasteiger partial charge on any atom is -0.325 e. The summed E-state index contributed by atoms with van der Waals surface area (Å²) in [7, 11) is 0. The molecule has 0 saturated heterocycles. The van der Waals surface area contributed by atoms with E-state index in [0.717, 1.165) is 22.5 Å². The van der Waals surface area contributed by atoms with Crippen LogP contribution in [-0.4, -0.2) is 31.4 Å². The average Bonchev–Trinajstić information content (AvgIpc) is 3.05. The van der Waals surface area contributed by atoms with Gasteiger partial charge in [0.1, 0.15) is 0 Å². The highest BCUT2D eigenvalue weighted by Gasteiger charge is 2.20. The molecule has 1 aromatic heterocycles. The van der Waals surface area contributed by atoms with Crippen molar-refractivity contribution in [3.05, 3.63) is 59.2 Å². The van der Waals surface area contributed by atoms with Gasteiger partial charge in [0.05, 0.1) is 10.9 Å². The van der Waals surface area contributed by atoms with E-state index in [1.165, 1.54) is 17.3 Å². The molecule has 3 rings (SSSR count). The number of tetrazole rings is 1. The van der Waals surface area contributed by atoms with Gasteiger partial charge in [0.15, 0.2) is 0 Å². The third kappa shape index (κ3) is 3.94. The number of carbonyl (C=O) groups is 1. The lowest BCUT2D eigenvalue weighted by molar-refractivity contribution is -0.115. The maximum Gasteiger partial charge on any atom is 0.237 e. The van der Waals surface area contributed by atoms with Crippen LogP contribution >= 0.6 is 11.8 Å². The van der Waals surface area contributed by atoms with Crippen LogP contribution in [0.4, 0.5) is 5.69 Å². The molecule has 0 unspecified atom stereocenters. The summed E-state index contributed by atoms with van der Waals surface area (Å²) in [6, 6.07) is 13.7. The second-order valence-corrected chi connectivity index (χ2v) is 7.52. The van der Waals surface area contributed by atoms with Crippen LogP contribution in [0.5, 0.6) is 0 Å². The first-order chi connectivity index (χ1) is 12.5. The Balaban J connectivity index is 1.76. The predicted molar refractivity (Wildman–Crippen MR) is 104 cm³/mol. The zero-order valence-corrected chi connectivity index (χ0v) is 16.0. The lowest BCUT2D eigenvalue weighted by atomic mass is 10.1. The molecule has 1 N–H and O–H groups in total. The molecular weight excluding hydrogens is 346 g/mol. The van der Waals surface area contributed by atoms with E-state index < -0.39 is 0 Å². The molecule has 26 heavy (non-hydrogen) atoms. The van der Waals surface area contributed by atoms with E-state index >= 15 is 0 Å². The summed E-state index contributed by atoms with van der Waals surface area (Å²) < 4.78 is 1.68. The molecule has 3 aromatic rings. The number of nitrogens with zero attached hydrogens (tertiary/aromatic N) is 4. The molecule has 1 amide bonds. The first kappa shape index (κ1) is 18.1. The van der Waals surface area contributed by atoms with Gasteiger partial charge in [-0.2, -0.15) is 4.68 Å². The van der Waals surface area contributed by atoms with E-state index in [2.05, 4.69) is 20.8 Å². The Labute approximate surface area is 157 Å².